The zero-order valence-corrected chi connectivity index (χ0v) is 15.5. The summed E-state index contributed by atoms with van der Waals surface area (Å²) in [6.45, 7) is 7.72. The summed E-state index contributed by atoms with van der Waals surface area (Å²) < 4.78 is 6.36. The van der Waals surface area contributed by atoms with E-state index >= 15 is 0 Å². The monoisotopic (exact) mass is 388 g/mol. The number of halogens is 1. The third kappa shape index (κ3) is 4.98. The van der Waals surface area contributed by atoms with Crippen LogP contribution in [0.25, 0.3) is 0 Å². The van der Waals surface area contributed by atoms with Crippen LogP contribution in [0, 0.1) is 0 Å². The first-order valence-electron chi connectivity index (χ1n) is 7.23. The van der Waals surface area contributed by atoms with Gasteiger partial charge in [-0.2, -0.15) is 0 Å². The molecule has 0 spiro atoms. The highest BCUT2D eigenvalue weighted by Gasteiger charge is 2.27. The number of rotatable bonds is 2. The fourth-order valence-corrected chi connectivity index (χ4v) is 3.61. The van der Waals surface area contributed by atoms with Crippen LogP contribution < -0.4 is 0 Å². The molecule has 0 aromatic carbocycles. The summed E-state index contributed by atoms with van der Waals surface area (Å²) in [7, 11) is 0. The first-order valence-corrected chi connectivity index (χ1v) is 8.90. The standard InChI is InChI=1S/C15H21BrN2O3S/c1-15(2,3)21-14(20)18-6-4-17(5-7-18)13(19)9-12-8-11(16)10-22-12/h8,10H,4-7,9H2,1-3H3. The third-order valence-electron chi connectivity index (χ3n) is 3.23. The Morgan fingerprint density at radius 3 is 2.32 bits per heavy atom. The number of carbonyl (C=O) groups is 2. The van der Waals surface area contributed by atoms with Gasteiger partial charge >= 0.3 is 6.09 Å². The van der Waals surface area contributed by atoms with Crippen molar-refractivity contribution in [3.05, 3.63) is 20.8 Å². The molecule has 1 aliphatic rings. The summed E-state index contributed by atoms with van der Waals surface area (Å²) in [4.78, 5) is 28.8. The van der Waals surface area contributed by atoms with Crippen molar-refractivity contribution in [3.8, 4) is 0 Å². The number of hydrogen-bond donors (Lipinski definition) is 0. The van der Waals surface area contributed by atoms with Gasteiger partial charge in [-0.3, -0.25) is 4.79 Å². The molecule has 2 heterocycles. The van der Waals surface area contributed by atoms with Crippen molar-refractivity contribution >= 4 is 39.3 Å². The van der Waals surface area contributed by atoms with Gasteiger partial charge in [-0.15, -0.1) is 11.3 Å². The molecule has 0 bridgehead atoms. The summed E-state index contributed by atoms with van der Waals surface area (Å²) in [6.07, 6.45) is 0.115. The lowest BCUT2D eigenvalue weighted by Gasteiger charge is -2.35. The van der Waals surface area contributed by atoms with Gasteiger partial charge < -0.3 is 14.5 Å². The topological polar surface area (TPSA) is 49.9 Å². The molecular formula is C15H21BrN2O3S. The van der Waals surface area contributed by atoms with Crippen LogP contribution in [-0.2, 0) is 16.0 Å². The molecule has 5 nitrogen and oxygen atoms in total. The van der Waals surface area contributed by atoms with Gasteiger partial charge in [0, 0.05) is 40.9 Å². The van der Waals surface area contributed by atoms with Crippen molar-refractivity contribution in [2.24, 2.45) is 0 Å². The zero-order valence-electron chi connectivity index (χ0n) is 13.1. The number of ether oxygens (including phenoxy) is 1. The summed E-state index contributed by atoms with van der Waals surface area (Å²) in [5.74, 6) is 0.109. The lowest BCUT2D eigenvalue weighted by atomic mass is 10.2. The minimum absolute atomic E-state index is 0.109. The number of amides is 2. The molecule has 1 saturated heterocycles. The molecule has 1 aromatic rings. The molecule has 7 heteroatoms. The van der Waals surface area contributed by atoms with Crippen molar-refractivity contribution in [2.75, 3.05) is 26.2 Å². The minimum Gasteiger partial charge on any atom is -0.444 e. The van der Waals surface area contributed by atoms with Gasteiger partial charge in [0.1, 0.15) is 5.60 Å². The molecule has 1 fully saturated rings. The van der Waals surface area contributed by atoms with Crippen LogP contribution in [0.1, 0.15) is 25.6 Å². The molecule has 0 atom stereocenters. The normalized spacial score (nSPS) is 15.8. The predicted molar refractivity (Wildman–Crippen MR) is 90.1 cm³/mol. The second kappa shape index (κ2) is 7.00. The average Bonchev–Trinajstić information content (AvgIpc) is 2.82. The molecule has 0 aliphatic carbocycles. The Labute approximate surface area is 143 Å². The van der Waals surface area contributed by atoms with Crippen LogP contribution in [0.5, 0.6) is 0 Å². The molecule has 1 aliphatic heterocycles. The molecule has 0 N–H and O–H groups in total. The molecule has 0 saturated carbocycles. The Hall–Kier alpha value is -1.08. The molecule has 0 unspecified atom stereocenters. The summed E-state index contributed by atoms with van der Waals surface area (Å²) in [6, 6.07) is 1.97. The van der Waals surface area contributed by atoms with Crippen LogP contribution in [0.2, 0.25) is 0 Å². The van der Waals surface area contributed by atoms with E-state index in [1.54, 1.807) is 16.2 Å². The number of hydrogen-bond acceptors (Lipinski definition) is 4. The first-order chi connectivity index (χ1) is 10.2. The van der Waals surface area contributed by atoms with E-state index < -0.39 is 5.60 Å². The largest absolute Gasteiger partial charge is 0.444 e. The Balaban J connectivity index is 1.81. The molecule has 2 amide bonds. The van der Waals surface area contributed by atoms with Crippen molar-refractivity contribution in [3.63, 3.8) is 0 Å². The highest BCUT2D eigenvalue weighted by molar-refractivity contribution is 9.10. The lowest BCUT2D eigenvalue weighted by Crippen LogP contribution is -2.51. The van der Waals surface area contributed by atoms with E-state index in [0.29, 0.717) is 32.6 Å². The van der Waals surface area contributed by atoms with E-state index in [1.807, 2.05) is 37.1 Å². The Morgan fingerprint density at radius 2 is 1.82 bits per heavy atom. The quantitative estimate of drug-likeness (QED) is 0.781. The maximum atomic E-state index is 12.3. The summed E-state index contributed by atoms with van der Waals surface area (Å²) in [5, 5.41) is 1.98. The van der Waals surface area contributed by atoms with Crippen molar-refractivity contribution in [2.45, 2.75) is 32.8 Å². The fourth-order valence-electron chi connectivity index (χ4n) is 2.17. The van der Waals surface area contributed by atoms with E-state index in [2.05, 4.69) is 15.9 Å². The molecular weight excluding hydrogens is 368 g/mol. The van der Waals surface area contributed by atoms with E-state index in [1.165, 1.54) is 0 Å². The second-order valence-electron chi connectivity index (χ2n) is 6.26. The maximum Gasteiger partial charge on any atom is 0.410 e. The smallest absolute Gasteiger partial charge is 0.410 e. The highest BCUT2D eigenvalue weighted by atomic mass is 79.9. The van der Waals surface area contributed by atoms with Gasteiger partial charge in [0.2, 0.25) is 5.91 Å². The zero-order chi connectivity index (χ0) is 16.3. The second-order valence-corrected chi connectivity index (χ2v) is 8.17. The molecule has 0 radical (unpaired) electrons. The van der Waals surface area contributed by atoms with Gasteiger partial charge in [0.25, 0.3) is 0 Å². The maximum absolute atomic E-state index is 12.3. The average molecular weight is 389 g/mol. The summed E-state index contributed by atoms with van der Waals surface area (Å²) in [5.41, 5.74) is -0.489. The predicted octanol–water partition coefficient (Wildman–Crippen LogP) is 3.13. The Kier molecular flexibility index (Phi) is 5.50. The summed E-state index contributed by atoms with van der Waals surface area (Å²) >= 11 is 4.97. The van der Waals surface area contributed by atoms with Gasteiger partial charge in [-0.1, -0.05) is 0 Å². The third-order valence-corrected chi connectivity index (χ3v) is 4.93. The van der Waals surface area contributed by atoms with Crippen molar-refractivity contribution < 1.29 is 14.3 Å². The fraction of sp³-hybridized carbons (Fsp3) is 0.600. The highest BCUT2D eigenvalue weighted by Crippen LogP contribution is 2.21. The molecule has 1 aromatic heterocycles. The lowest BCUT2D eigenvalue weighted by molar-refractivity contribution is -0.132. The Bertz CT molecular complexity index is 545. The number of piperazine rings is 1. The van der Waals surface area contributed by atoms with Gasteiger partial charge in [-0.05, 0) is 42.8 Å². The van der Waals surface area contributed by atoms with Crippen LogP contribution in [0.3, 0.4) is 0 Å². The van der Waals surface area contributed by atoms with Crippen molar-refractivity contribution in [1.29, 1.82) is 0 Å². The number of carbonyl (C=O) groups excluding carboxylic acids is 2. The van der Waals surface area contributed by atoms with Crippen LogP contribution >= 0.6 is 27.3 Å². The first kappa shape index (κ1) is 17.3. The van der Waals surface area contributed by atoms with Gasteiger partial charge in [0.15, 0.2) is 0 Å². The van der Waals surface area contributed by atoms with E-state index in [9.17, 15) is 9.59 Å². The number of thiophene rings is 1. The Morgan fingerprint density at radius 1 is 1.23 bits per heavy atom. The number of nitrogens with zero attached hydrogens (tertiary/aromatic N) is 2. The van der Waals surface area contributed by atoms with Crippen LogP contribution in [0.15, 0.2) is 15.9 Å². The molecule has 22 heavy (non-hydrogen) atoms. The van der Waals surface area contributed by atoms with Crippen molar-refractivity contribution in [1.82, 2.24) is 9.80 Å². The SMILES string of the molecule is CC(C)(C)OC(=O)N1CCN(C(=O)Cc2cc(Br)cs2)CC1. The van der Waals surface area contributed by atoms with Gasteiger partial charge in [-0.25, -0.2) is 4.79 Å². The minimum atomic E-state index is -0.489. The van der Waals surface area contributed by atoms with E-state index in [-0.39, 0.29) is 12.0 Å². The van der Waals surface area contributed by atoms with Crippen LogP contribution in [0.4, 0.5) is 4.79 Å². The van der Waals surface area contributed by atoms with E-state index in [0.717, 1.165) is 9.35 Å². The molecule has 2 rings (SSSR count). The van der Waals surface area contributed by atoms with Gasteiger partial charge in [0.05, 0.1) is 6.42 Å². The molecule has 122 valence electrons. The van der Waals surface area contributed by atoms with Crippen LogP contribution in [-0.4, -0.2) is 53.6 Å². The van der Waals surface area contributed by atoms with E-state index in [4.69, 9.17) is 4.74 Å².